The summed E-state index contributed by atoms with van der Waals surface area (Å²) < 4.78 is 10.0. The van der Waals surface area contributed by atoms with E-state index in [0.717, 1.165) is 4.88 Å². The quantitative estimate of drug-likeness (QED) is 0.785. The summed E-state index contributed by atoms with van der Waals surface area (Å²) in [6, 6.07) is 1.96. The molecule has 0 spiro atoms. The Hall–Kier alpha value is -1.69. The molecule has 0 aliphatic rings. The van der Waals surface area contributed by atoms with Crippen LogP contribution in [0.5, 0.6) is 0 Å². The van der Waals surface area contributed by atoms with Crippen LogP contribution in [0.2, 0.25) is 0 Å². The lowest BCUT2D eigenvalue weighted by molar-refractivity contribution is 0.0481. The highest BCUT2D eigenvalue weighted by molar-refractivity contribution is 7.15. The number of carbonyl (C=O) groups excluding carboxylic acids is 1. The zero-order valence-electron chi connectivity index (χ0n) is 9.81. The Labute approximate surface area is 102 Å². The molecule has 0 aromatic carbocycles. The minimum absolute atomic E-state index is 0.106. The number of esters is 1. The summed E-state index contributed by atoms with van der Waals surface area (Å²) in [6.45, 7) is 6.04. The van der Waals surface area contributed by atoms with Gasteiger partial charge in [0, 0.05) is 4.88 Å². The predicted molar refractivity (Wildman–Crippen MR) is 63.0 cm³/mol. The van der Waals surface area contributed by atoms with Gasteiger partial charge in [-0.25, -0.2) is 4.79 Å². The molecule has 0 radical (unpaired) electrons. The van der Waals surface area contributed by atoms with Crippen molar-refractivity contribution in [2.75, 3.05) is 6.61 Å². The van der Waals surface area contributed by atoms with Crippen molar-refractivity contribution < 1.29 is 13.9 Å². The van der Waals surface area contributed by atoms with Crippen molar-refractivity contribution in [1.29, 1.82) is 0 Å². The Morgan fingerprint density at radius 2 is 2.24 bits per heavy atom. The van der Waals surface area contributed by atoms with Crippen molar-refractivity contribution in [3.63, 3.8) is 0 Å². The summed E-state index contributed by atoms with van der Waals surface area (Å²) in [6.07, 6.45) is 0. The van der Waals surface area contributed by atoms with Crippen LogP contribution < -0.4 is 0 Å². The number of hydrogen-bond donors (Lipinski definition) is 0. The maximum atomic E-state index is 11.3. The van der Waals surface area contributed by atoms with Gasteiger partial charge in [0.05, 0.1) is 11.5 Å². The van der Waals surface area contributed by atoms with E-state index in [2.05, 4.69) is 10.2 Å². The van der Waals surface area contributed by atoms with E-state index in [1.54, 1.807) is 18.3 Å². The molecule has 0 aliphatic heterocycles. The molecule has 0 bridgehead atoms. The molecule has 2 aromatic heterocycles. The molecule has 0 aliphatic carbocycles. The first-order valence-corrected chi connectivity index (χ1v) is 6.01. The van der Waals surface area contributed by atoms with Gasteiger partial charge in [-0.2, -0.15) is 0 Å². The third kappa shape index (κ3) is 2.36. The van der Waals surface area contributed by atoms with Gasteiger partial charge in [0.2, 0.25) is 0 Å². The van der Waals surface area contributed by atoms with Crippen LogP contribution in [0, 0.1) is 13.8 Å². The van der Waals surface area contributed by atoms with Gasteiger partial charge in [0.25, 0.3) is 5.89 Å². The summed E-state index contributed by atoms with van der Waals surface area (Å²) in [5.41, 5.74) is 1.17. The molecule has 2 rings (SSSR count). The predicted octanol–water partition coefficient (Wildman–Crippen LogP) is 2.59. The van der Waals surface area contributed by atoms with Gasteiger partial charge in [-0.15, -0.1) is 21.5 Å². The average molecular weight is 252 g/mol. The van der Waals surface area contributed by atoms with E-state index in [0.29, 0.717) is 5.89 Å². The fourth-order valence-corrected chi connectivity index (χ4v) is 2.23. The third-order valence-electron chi connectivity index (χ3n) is 2.25. The van der Waals surface area contributed by atoms with Crippen molar-refractivity contribution in [2.45, 2.75) is 20.8 Å². The molecule has 17 heavy (non-hydrogen) atoms. The molecule has 0 saturated heterocycles. The van der Waals surface area contributed by atoms with Crippen LogP contribution in [0.25, 0.3) is 10.8 Å². The molecular weight excluding hydrogens is 240 g/mol. The Balaban J connectivity index is 2.26. The van der Waals surface area contributed by atoms with Gasteiger partial charge in [-0.05, 0) is 32.4 Å². The SMILES string of the molecule is CCOC(=O)c1nnc(-c2cc(C)c(C)s2)o1. The second-order valence-corrected chi connectivity index (χ2v) is 4.74. The largest absolute Gasteiger partial charge is 0.459 e. The number of aryl methyl sites for hydroxylation is 2. The summed E-state index contributed by atoms with van der Waals surface area (Å²) >= 11 is 1.56. The highest BCUT2D eigenvalue weighted by Gasteiger charge is 2.18. The van der Waals surface area contributed by atoms with Gasteiger partial charge < -0.3 is 9.15 Å². The minimum atomic E-state index is -0.587. The van der Waals surface area contributed by atoms with Crippen LogP contribution in [0.1, 0.15) is 28.0 Å². The number of carbonyl (C=O) groups is 1. The molecule has 5 nitrogen and oxygen atoms in total. The zero-order valence-corrected chi connectivity index (χ0v) is 10.6. The lowest BCUT2D eigenvalue weighted by atomic mass is 10.3. The lowest BCUT2D eigenvalue weighted by Crippen LogP contribution is -2.04. The second kappa shape index (κ2) is 4.67. The maximum absolute atomic E-state index is 11.3. The van der Waals surface area contributed by atoms with Gasteiger partial charge in [0.15, 0.2) is 0 Å². The summed E-state index contributed by atoms with van der Waals surface area (Å²) in [5.74, 6) is -0.337. The fraction of sp³-hybridized carbons (Fsp3) is 0.364. The molecule has 0 unspecified atom stereocenters. The standard InChI is InChI=1S/C11H12N2O3S/c1-4-15-11(14)10-13-12-9(16-10)8-5-6(2)7(3)17-8/h5H,4H2,1-3H3. The average Bonchev–Trinajstić information content (AvgIpc) is 2.87. The number of thiophene rings is 1. The Bertz CT molecular complexity index is 525. The van der Waals surface area contributed by atoms with Crippen LogP contribution >= 0.6 is 11.3 Å². The molecule has 0 amide bonds. The molecule has 90 valence electrons. The van der Waals surface area contributed by atoms with Crippen LogP contribution in [-0.4, -0.2) is 22.8 Å². The van der Waals surface area contributed by atoms with Gasteiger partial charge in [-0.3, -0.25) is 0 Å². The maximum Gasteiger partial charge on any atom is 0.396 e. The van der Waals surface area contributed by atoms with E-state index in [1.807, 2.05) is 19.9 Å². The summed E-state index contributed by atoms with van der Waals surface area (Å²) in [7, 11) is 0. The molecule has 6 heteroatoms. The first-order valence-electron chi connectivity index (χ1n) is 5.20. The molecule has 0 N–H and O–H groups in total. The number of nitrogens with zero attached hydrogens (tertiary/aromatic N) is 2. The highest BCUT2D eigenvalue weighted by Crippen LogP contribution is 2.29. The molecule has 2 aromatic rings. The number of ether oxygens (including phenoxy) is 1. The number of hydrogen-bond acceptors (Lipinski definition) is 6. The van der Waals surface area contributed by atoms with Crippen LogP contribution in [0.15, 0.2) is 10.5 Å². The van der Waals surface area contributed by atoms with Crippen LogP contribution in [-0.2, 0) is 4.74 Å². The van der Waals surface area contributed by atoms with E-state index < -0.39 is 5.97 Å². The third-order valence-corrected chi connectivity index (χ3v) is 3.39. The Morgan fingerprint density at radius 3 is 2.82 bits per heavy atom. The number of aromatic nitrogens is 2. The smallest absolute Gasteiger partial charge is 0.396 e. The van der Waals surface area contributed by atoms with E-state index in [9.17, 15) is 4.79 Å². The van der Waals surface area contributed by atoms with Crippen molar-refractivity contribution in [3.05, 3.63) is 22.4 Å². The molecular formula is C11H12N2O3S. The van der Waals surface area contributed by atoms with Crippen LogP contribution in [0.3, 0.4) is 0 Å². The van der Waals surface area contributed by atoms with E-state index in [-0.39, 0.29) is 12.5 Å². The molecule has 2 heterocycles. The molecule has 0 fully saturated rings. The number of rotatable bonds is 3. The van der Waals surface area contributed by atoms with E-state index in [1.165, 1.54) is 10.4 Å². The highest BCUT2D eigenvalue weighted by atomic mass is 32.1. The fourth-order valence-electron chi connectivity index (χ4n) is 1.28. The summed E-state index contributed by atoms with van der Waals surface area (Å²) in [5, 5.41) is 7.50. The first-order chi connectivity index (χ1) is 8.11. The lowest BCUT2D eigenvalue weighted by Gasteiger charge is -1.93. The van der Waals surface area contributed by atoms with E-state index >= 15 is 0 Å². The van der Waals surface area contributed by atoms with Gasteiger partial charge in [-0.1, -0.05) is 0 Å². The first kappa shape index (κ1) is 11.8. The Kier molecular flexibility index (Phi) is 3.23. The molecule has 0 atom stereocenters. The van der Waals surface area contributed by atoms with Crippen molar-refractivity contribution in [1.82, 2.24) is 10.2 Å². The Morgan fingerprint density at radius 1 is 1.47 bits per heavy atom. The summed E-state index contributed by atoms with van der Waals surface area (Å²) in [4.78, 5) is 13.4. The molecule has 0 saturated carbocycles. The topological polar surface area (TPSA) is 65.2 Å². The van der Waals surface area contributed by atoms with Gasteiger partial charge in [0.1, 0.15) is 0 Å². The normalized spacial score (nSPS) is 10.5. The zero-order chi connectivity index (χ0) is 12.4. The minimum Gasteiger partial charge on any atom is -0.459 e. The van der Waals surface area contributed by atoms with Gasteiger partial charge >= 0.3 is 11.9 Å². The monoisotopic (exact) mass is 252 g/mol. The van der Waals surface area contributed by atoms with Crippen molar-refractivity contribution in [3.8, 4) is 10.8 Å². The van der Waals surface area contributed by atoms with Crippen molar-refractivity contribution in [2.24, 2.45) is 0 Å². The second-order valence-electron chi connectivity index (χ2n) is 3.48. The van der Waals surface area contributed by atoms with Crippen molar-refractivity contribution >= 4 is 17.3 Å². The van der Waals surface area contributed by atoms with Crippen LogP contribution in [0.4, 0.5) is 0 Å². The van der Waals surface area contributed by atoms with E-state index in [4.69, 9.17) is 9.15 Å².